The van der Waals surface area contributed by atoms with Crippen molar-refractivity contribution in [3.8, 4) is 0 Å². The molecule has 0 saturated heterocycles. The summed E-state index contributed by atoms with van der Waals surface area (Å²) >= 11 is 5.39. The topological polar surface area (TPSA) is 24.1 Å². The Morgan fingerprint density at radius 2 is 2.06 bits per heavy atom. The molecular weight excluding hydrogens is 240 g/mol. The van der Waals surface area contributed by atoms with E-state index in [1.807, 2.05) is 0 Å². The molecule has 2 atom stereocenters. The largest absolute Gasteiger partial charge is 0.360 e. The number of hydrogen-bond acceptors (Lipinski definition) is 1. The smallest absolute Gasteiger partial charge is 0.171 e. The molecule has 0 aliphatic heterocycles. The number of thiocarbonyl (C=S) groups is 1. The first-order valence-corrected chi connectivity index (χ1v) is 7.11. The van der Waals surface area contributed by atoms with Crippen LogP contribution >= 0.6 is 12.2 Å². The maximum atomic E-state index is 5.39. The number of rotatable bonds is 2. The molecule has 0 amide bonds. The highest BCUT2D eigenvalue weighted by atomic mass is 32.1. The van der Waals surface area contributed by atoms with Gasteiger partial charge in [0, 0.05) is 11.7 Å². The Bertz CT molecular complexity index is 442. The number of benzene rings is 1. The van der Waals surface area contributed by atoms with Crippen LogP contribution in [0.5, 0.6) is 0 Å². The van der Waals surface area contributed by atoms with Crippen LogP contribution in [0.4, 0.5) is 5.69 Å². The molecule has 1 aliphatic rings. The molecule has 0 spiro atoms. The molecule has 1 aromatic rings. The van der Waals surface area contributed by atoms with Crippen LogP contribution in [0, 0.1) is 19.8 Å². The molecule has 0 aromatic heterocycles. The standard InChI is InChI=1S/C15H22N2S/c1-10-7-8-13(9-10)16-15(18)17-14-6-4-5-11(2)12(14)3/h4-6,10,13H,7-9H2,1-3H3,(H2,16,17,18). The molecule has 1 aromatic carbocycles. The zero-order valence-corrected chi connectivity index (χ0v) is 12.2. The normalized spacial score (nSPS) is 22.8. The minimum absolute atomic E-state index is 0.546. The van der Waals surface area contributed by atoms with Crippen molar-refractivity contribution in [3.63, 3.8) is 0 Å². The van der Waals surface area contributed by atoms with Gasteiger partial charge in [0.15, 0.2) is 5.11 Å². The molecule has 1 fully saturated rings. The molecular formula is C15H22N2S. The van der Waals surface area contributed by atoms with Crippen LogP contribution < -0.4 is 10.6 Å². The van der Waals surface area contributed by atoms with E-state index in [9.17, 15) is 0 Å². The minimum Gasteiger partial charge on any atom is -0.360 e. The number of hydrogen-bond donors (Lipinski definition) is 2. The summed E-state index contributed by atoms with van der Waals surface area (Å²) in [4.78, 5) is 0. The van der Waals surface area contributed by atoms with Gasteiger partial charge in [0.05, 0.1) is 0 Å². The Labute approximate surface area is 115 Å². The van der Waals surface area contributed by atoms with Crippen LogP contribution in [0.1, 0.15) is 37.3 Å². The fourth-order valence-electron chi connectivity index (χ4n) is 2.57. The van der Waals surface area contributed by atoms with Crippen LogP contribution in [-0.4, -0.2) is 11.2 Å². The SMILES string of the molecule is Cc1cccc(NC(=S)NC2CCC(C)C2)c1C. The van der Waals surface area contributed by atoms with Gasteiger partial charge in [-0.2, -0.15) is 0 Å². The highest BCUT2D eigenvalue weighted by Gasteiger charge is 2.21. The fraction of sp³-hybridized carbons (Fsp3) is 0.533. The second kappa shape index (κ2) is 5.70. The highest BCUT2D eigenvalue weighted by Crippen LogP contribution is 2.25. The molecule has 0 radical (unpaired) electrons. The van der Waals surface area contributed by atoms with Crippen molar-refractivity contribution in [2.45, 2.75) is 46.1 Å². The van der Waals surface area contributed by atoms with E-state index in [4.69, 9.17) is 12.2 Å². The summed E-state index contributed by atoms with van der Waals surface area (Å²) in [5.74, 6) is 0.825. The number of nitrogens with one attached hydrogen (secondary N) is 2. The minimum atomic E-state index is 0.546. The quantitative estimate of drug-likeness (QED) is 0.793. The van der Waals surface area contributed by atoms with E-state index in [0.717, 1.165) is 16.7 Å². The van der Waals surface area contributed by atoms with Gasteiger partial charge in [0.25, 0.3) is 0 Å². The monoisotopic (exact) mass is 262 g/mol. The van der Waals surface area contributed by atoms with E-state index in [0.29, 0.717) is 6.04 Å². The first kappa shape index (κ1) is 13.3. The van der Waals surface area contributed by atoms with E-state index >= 15 is 0 Å². The lowest BCUT2D eigenvalue weighted by molar-refractivity contribution is 0.572. The van der Waals surface area contributed by atoms with Gasteiger partial charge >= 0.3 is 0 Å². The predicted molar refractivity (Wildman–Crippen MR) is 82.1 cm³/mol. The summed E-state index contributed by atoms with van der Waals surface area (Å²) in [6.45, 7) is 6.55. The van der Waals surface area contributed by atoms with Crippen molar-refractivity contribution < 1.29 is 0 Å². The lowest BCUT2D eigenvalue weighted by atomic mass is 10.1. The zero-order valence-electron chi connectivity index (χ0n) is 11.4. The second-order valence-electron chi connectivity index (χ2n) is 5.46. The van der Waals surface area contributed by atoms with Gasteiger partial charge in [-0.1, -0.05) is 19.1 Å². The molecule has 0 heterocycles. The molecule has 1 saturated carbocycles. The molecule has 1 aliphatic carbocycles. The molecule has 2 N–H and O–H groups in total. The molecule has 18 heavy (non-hydrogen) atoms. The lowest BCUT2D eigenvalue weighted by Gasteiger charge is -2.17. The Morgan fingerprint density at radius 1 is 1.28 bits per heavy atom. The first-order valence-electron chi connectivity index (χ1n) is 6.70. The van der Waals surface area contributed by atoms with Crippen molar-refractivity contribution in [1.29, 1.82) is 0 Å². The summed E-state index contributed by atoms with van der Waals surface area (Å²) in [6.07, 6.45) is 3.77. The second-order valence-corrected chi connectivity index (χ2v) is 5.87. The molecule has 2 rings (SSSR count). The van der Waals surface area contributed by atoms with E-state index in [-0.39, 0.29) is 0 Å². The summed E-state index contributed by atoms with van der Waals surface area (Å²) in [5.41, 5.74) is 3.66. The van der Waals surface area contributed by atoms with E-state index in [1.165, 1.54) is 30.4 Å². The summed E-state index contributed by atoms with van der Waals surface area (Å²) in [5, 5.41) is 7.49. The van der Waals surface area contributed by atoms with Crippen LogP contribution in [0.3, 0.4) is 0 Å². The third kappa shape index (κ3) is 3.22. The van der Waals surface area contributed by atoms with Crippen LogP contribution in [0.2, 0.25) is 0 Å². The average Bonchev–Trinajstić information content (AvgIpc) is 2.70. The third-order valence-corrected chi connectivity index (χ3v) is 4.10. The van der Waals surface area contributed by atoms with Gasteiger partial charge in [-0.05, 0) is 68.4 Å². The van der Waals surface area contributed by atoms with Gasteiger partial charge in [0.2, 0.25) is 0 Å². The molecule has 0 bridgehead atoms. The van der Waals surface area contributed by atoms with Crippen molar-refractivity contribution in [2.24, 2.45) is 5.92 Å². The van der Waals surface area contributed by atoms with Crippen LogP contribution in [0.25, 0.3) is 0 Å². The summed E-state index contributed by atoms with van der Waals surface area (Å²) in [6, 6.07) is 6.80. The fourth-order valence-corrected chi connectivity index (χ4v) is 2.85. The molecule has 3 heteroatoms. The molecule has 98 valence electrons. The highest BCUT2D eigenvalue weighted by molar-refractivity contribution is 7.80. The van der Waals surface area contributed by atoms with Gasteiger partial charge in [-0.25, -0.2) is 0 Å². The maximum absolute atomic E-state index is 5.39. The van der Waals surface area contributed by atoms with E-state index < -0.39 is 0 Å². The van der Waals surface area contributed by atoms with Crippen molar-refractivity contribution in [2.75, 3.05) is 5.32 Å². The van der Waals surface area contributed by atoms with E-state index in [1.54, 1.807) is 0 Å². The number of anilines is 1. The Balaban J connectivity index is 1.93. The van der Waals surface area contributed by atoms with Crippen LogP contribution in [-0.2, 0) is 0 Å². The average molecular weight is 262 g/mol. The van der Waals surface area contributed by atoms with Crippen molar-refractivity contribution in [1.82, 2.24) is 5.32 Å². The van der Waals surface area contributed by atoms with E-state index in [2.05, 4.69) is 49.6 Å². The Morgan fingerprint density at radius 3 is 2.72 bits per heavy atom. The molecule has 2 nitrogen and oxygen atoms in total. The maximum Gasteiger partial charge on any atom is 0.171 e. The third-order valence-electron chi connectivity index (χ3n) is 3.88. The zero-order chi connectivity index (χ0) is 13.1. The summed E-state index contributed by atoms with van der Waals surface area (Å²) < 4.78 is 0. The number of aryl methyl sites for hydroxylation is 1. The van der Waals surface area contributed by atoms with Gasteiger partial charge in [-0.3, -0.25) is 0 Å². The molecule has 2 unspecified atom stereocenters. The Hall–Kier alpha value is -1.09. The van der Waals surface area contributed by atoms with Gasteiger partial charge < -0.3 is 10.6 Å². The summed E-state index contributed by atoms with van der Waals surface area (Å²) in [7, 11) is 0. The predicted octanol–water partition coefficient (Wildman–Crippen LogP) is 3.78. The Kier molecular flexibility index (Phi) is 4.23. The van der Waals surface area contributed by atoms with Crippen molar-refractivity contribution >= 4 is 23.0 Å². The van der Waals surface area contributed by atoms with Gasteiger partial charge in [-0.15, -0.1) is 0 Å². The van der Waals surface area contributed by atoms with Gasteiger partial charge in [0.1, 0.15) is 0 Å². The van der Waals surface area contributed by atoms with Crippen LogP contribution in [0.15, 0.2) is 18.2 Å². The van der Waals surface area contributed by atoms with Crippen molar-refractivity contribution in [3.05, 3.63) is 29.3 Å². The first-order chi connectivity index (χ1) is 8.56. The lowest BCUT2D eigenvalue weighted by Crippen LogP contribution is -2.36.